The van der Waals surface area contributed by atoms with E-state index in [9.17, 15) is 14.4 Å². The summed E-state index contributed by atoms with van der Waals surface area (Å²) in [7, 11) is 0. The number of hydrogen-bond donors (Lipinski definition) is 2. The molecular formula is C23H21N5O3S. The van der Waals surface area contributed by atoms with Gasteiger partial charge in [-0.1, -0.05) is 65.9 Å². The highest BCUT2D eigenvalue weighted by Gasteiger charge is 2.52. The number of fused-ring (bicyclic) bond motifs is 1. The molecule has 8 nitrogen and oxygen atoms in total. The van der Waals surface area contributed by atoms with Crippen molar-refractivity contribution in [2.24, 2.45) is 0 Å². The van der Waals surface area contributed by atoms with Crippen molar-refractivity contribution >= 4 is 29.2 Å². The highest BCUT2D eigenvalue weighted by Crippen LogP contribution is 2.34. The van der Waals surface area contributed by atoms with Gasteiger partial charge in [0.2, 0.25) is 5.01 Å². The fourth-order valence-electron chi connectivity index (χ4n) is 4.24. The number of urea groups is 1. The molecule has 1 saturated heterocycles. The van der Waals surface area contributed by atoms with Gasteiger partial charge in [-0.25, -0.2) is 4.79 Å². The lowest BCUT2D eigenvalue weighted by atomic mass is 9.78. The van der Waals surface area contributed by atoms with Gasteiger partial charge in [0, 0.05) is 13.0 Å². The third kappa shape index (κ3) is 3.75. The van der Waals surface area contributed by atoms with E-state index in [2.05, 4.69) is 26.9 Å². The lowest BCUT2D eigenvalue weighted by Crippen LogP contribution is -2.51. The van der Waals surface area contributed by atoms with Crippen molar-refractivity contribution in [2.75, 3.05) is 0 Å². The predicted molar refractivity (Wildman–Crippen MR) is 118 cm³/mol. The Labute approximate surface area is 188 Å². The largest absolute Gasteiger partial charge is 0.346 e. The van der Waals surface area contributed by atoms with Crippen molar-refractivity contribution in [1.29, 1.82) is 0 Å². The number of aryl methyl sites for hydroxylation is 1. The molecule has 1 fully saturated rings. The Morgan fingerprint density at radius 1 is 1.06 bits per heavy atom. The molecule has 0 radical (unpaired) electrons. The molecule has 1 atom stereocenters. The Kier molecular flexibility index (Phi) is 5.18. The molecule has 2 aliphatic rings. The van der Waals surface area contributed by atoms with Crippen LogP contribution in [0.25, 0.3) is 0 Å². The van der Waals surface area contributed by atoms with Crippen LogP contribution in [0.15, 0.2) is 54.6 Å². The number of nitrogens with one attached hydrogen (secondary N) is 2. The highest BCUT2D eigenvalue weighted by atomic mass is 32.1. The van der Waals surface area contributed by atoms with Gasteiger partial charge >= 0.3 is 6.03 Å². The maximum Gasteiger partial charge on any atom is 0.325 e. The molecule has 0 saturated carbocycles. The molecule has 5 rings (SSSR count). The lowest BCUT2D eigenvalue weighted by molar-refractivity contribution is -0.132. The lowest BCUT2D eigenvalue weighted by Gasteiger charge is -2.32. The van der Waals surface area contributed by atoms with Crippen LogP contribution >= 0.6 is 11.3 Å². The summed E-state index contributed by atoms with van der Waals surface area (Å²) in [6.07, 6.45) is 1.78. The number of imide groups is 1. The van der Waals surface area contributed by atoms with Crippen molar-refractivity contribution in [3.8, 4) is 0 Å². The summed E-state index contributed by atoms with van der Waals surface area (Å²) in [6, 6.07) is 17.1. The first kappa shape index (κ1) is 20.3. The van der Waals surface area contributed by atoms with Crippen LogP contribution < -0.4 is 10.6 Å². The zero-order valence-corrected chi connectivity index (χ0v) is 18.0. The first-order valence-electron chi connectivity index (χ1n) is 10.4. The van der Waals surface area contributed by atoms with E-state index in [0.717, 1.165) is 28.9 Å². The monoisotopic (exact) mass is 447 g/mol. The Hall–Kier alpha value is -3.59. The molecule has 162 valence electrons. The quantitative estimate of drug-likeness (QED) is 0.585. The normalized spacial score (nSPS) is 19.7. The van der Waals surface area contributed by atoms with E-state index in [0.29, 0.717) is 24.4 Å². The average molecular weight is 448 g/mol. The predicted octanol–water partition coefficient (Wildman–Crippen LogP) is 2.45. The van der Waals surface area contributed by atoms with Crippen molar-refractivity contribution in [1.82, 2.24) is 25.7 Å². The number of nitrogens with zero attached hydrogens (tertiary/aromatic N) is 3. The van der Waals surface area contributed by atoms with Gasteiger partial charge < -0.3 is 10.6 Å². The number of rotatable bonds is 5. The Balaban J connectivity index is 1.25. The summed E-state index contributed by atoms with van der Waals surface area (Å²) in [4.78, 5) is 39.4. The summed E-state index contributed by atoms with van der Waals surface area (Å²) < 4.78 is 0. The second-order valence-corrected chi connectivity index (χ2v) is 9.08. The first-order chi connectivity index (χ1) is 15.5. The standard InChI is InChI=1S/C23H21N5O3S/c29-19(24-13-15-6-2-1-3-7-15)20-27-26-18(32-20)14-28-21(30)23(25-22(28)31)11-10-16-8-4-5-9-17(16)12-23/h1-9H,10-14H2,(H,24,29)(H,25,31). The van der Waals surface area contributed by atoms with Crippen LogP contribution in [0.3, 0.4) is 0 Å². The summed E-state index contributed by atoms with van der Waals surface area (Å²) in [5.41, 5.74) is 2.37. The van der Waals surface area contributed by atoms with Gasteiger partial charge in [0.25, 0.3) is 11.8 Å². The average Bonchev–Trinajstić information content (AvgIpc) is 3.37. The van der Waals surface area contributed by atoms with Crippen LogP contribution in [-0.2, 0) is 30.7 Å². The molecule has 1 aliphatic carbocycles. The number of carbonyl (C=O) groups excluding carboxylic acids is 3. The molecule has 0 bridgehead atoms. The fraction of sp³-hybridized carbons (Fsp3) is 0.261. The van der Waals surface area contributed by atoms with Crippen LogP contribution in [0.1, 0.15) is 37.9 Å². The van der Waals surface area contributed by atoms with Crippen LogP contribution in [0, 0.1) is 0 Å². The van der Waals surface area contributed by atoms with E-state index in [1.807, 2.05) is 48.5 Å². The summed E-state index contributed by atoms with van der Waals surface area (Å²) in [5, 5.41) is 14.3. The van der Waals surface area contributed by atoms with Gasteiger partial charge in [0.15, 0.2) is 0 Å². The fourth-order valence-corrected chi connectivity index (χ4v) is 4.99. The zero-order valence-electron chi connectivity index (χ0n) is 17.2. The number of carbonyl (C=O) groups is 3. The van der Waals surface area contributed by atoms with E-state index < -0.39 is 11.6 Å². The maximum atomic E-state index is 13.2. The molecule has 2 N–H and O–H groups in total. The zero-order chi connectivity index (χ0) is 22.1. The SMILES string of the molecule is O=C(NCc1ccccc1)c1nnc(CN2C(=O)NC3(CCc4ccccc4C3)C2=O)s1. The van der Waals surface area contributed by atoms with Crippen molar-refractivity contribution < 1.29 is 14.4 Å². The molecular weight excluding hydrogens is 426 g/mol. The molecule has 1 spiro atoms. The van der Waals surface area contributed by atoms with Crippen LogP contribution in [0.5, 0.6) is 0 Å². The third-order valence-electron chi connectivity index (χ3n) is 5.93. The van der Waals surface area contributed by atoms with Gasteiger partial charge in [-0.15, -0.1) is 10.2 Å². The van der Waals surface area contributed by atoms with Crippen LogP contribution in [0.4, 0.5) is 4.79 Å². The Bertz CT molecular complexity index is 1200. The number of aromatic nitrogens is 2. The Morgan fingerprint density at radius 3 is 2.62 bits per heavy atom. The number of benzene rings is 2. The second-order valence-electron chi connectivity index (χ2n) is 8.02. The molecule has 2 heterocycles. The van der Waals surface area contributed by atoms with Crippen LogP contribution in [-0.4, -0.2) is 38.5 Å². The smallest absolute Gasteiger partial charge is 0.325 e. The van der Waals surface area contributed by atoms with Gasteiger partial charge in [0.1, 0.15) is 10.5 Å². The molecule has 4 amide bonds. The molecule has 32 heavy (non-hydrogen) atoms. The van der Waals surface area contributed by atoms with E-state index >= 15 is 0 Å². The molecule has 2 aromatic carbocycles. The van der Waals surface area contributed by atoms with Gasteiger partial charge in [-0.3, -0.25) is 14.5 Å². The van der Waals surface area contributed by atoms with Crippen LogP contribution in [0.2, 0.25) is 0 Å². The second kappa shape index (κ2) is 8.16. The summed E-state index contributed by atoms with van der Waals surface area (Å²) in [6.45, 7) is 0.378. The number of hydrogen-bond acceptors (Lipinski definition) is 6. The van der Waals surface area contributed by atoms with E-state index in [1.54, 1.807) is 0 Å². The first-order valence-corrected chi connectivity index (χ1v) is 11.2. The number of amides is 4. The summed E-state index contributed by atoms with van der Waals surface area (Å²) >= 11 is 1.08. The molecule has 3 aromatic rings. The maximum absolute atomic E-state index is 13.2. The van der Waals surface area contributed by atoms with Crippen molar-refractivity contribution in [2.45, 2.75) is 37.9 Å². The molecule has 1 unspecified atom stereocenters. The highest BCUT2D eigenvalue weighted by molar-refractivity contribution is 7.13. The van der Waals surface area contributed by atoms with E-state index in [4.69, 9.17) is 0 Å². The van der Waals surface area contributed by atoms with Crippen molar-refractivity contribution in [3.63, 3.8) is 0 Å². The topological polar surface area (TPSA) is 104 Å². The van der Waals surface area contributed by atoms with Crippen molar-refractivity contribution in [3.05, 3.63) is 81.3 Å². The Morgan fingerprint density at radius 2 is 1.81 bits per heavy atom. The molecule has 1 aliphatic heterocycles. The summed E-state index contributed by atoms with van der Waals surface area (Å²) in [5.74, 6) is -0.586. The molecule has 1 aromatic heterocycles. The third-order valence-corrected chi connectivity index (χ3v) is 6.83. The minimum atomic E-state index is -0.911. The van der Waals surface area contributed by atoms with E-state index in [-0.39, 0.29) is 23.4 Å². The van der Waals surface area contributed by atoms with E-state index in [1.165, 1.54) is 10.5 Å². The minimum Gasteiger partial charge on any atom is -0.346 e. The van der Waals surface area contributed by atoms with Gasteiger partial charge in [-0.05, 0) is 29.5 Å². The van der Waals surface area contributed by atoms with Gasteiger partial charge in [-0.2, -0.15) is 0 Å². The molecule has 9 heteroatoms. The van der Waals surface area contributed by atoms with Gasteiger partial charge in [0.05, 0.1) is 6.54 Å². The minimum absolute atomic E-state index is 0.00229.